The highest BCUT2D eigenvalue weighted by Crippen LogP contribution is 2.19. The third-order valence-electron chi connectivity index (χ3n) is 3.04. The minimum atomic E-state index is 0.0588. The molecule has 0 radical (unpaired) electrons. The number of nitrogens with zero attached hydrogens (tertiary/aromatic N) is 4. The molecule has 0 unspecified atom stereocenters. The van der Waals surface area contributed by atoms with Crippen molar-refractivity contribution in [1.82, 2.24) is 20.0 Å². The summed E-state index contributed by atoms with van der Waals surface area (Å²) in [5.74, 6) is 1.38. The Morgan fingerprint density at radius 1 is 1.42 bits per heavy atom. The third kappa shape index (κ3) is 3.52. The Kier molecular flexibility index (Phi) is 4.50. The second-order valence-corrected chi connectivity index (χ2v) is 4.87. The van der Waals surface area contributed by atoms with Crippen LogP contribution in [0.15, 0.2) is 22.9 Å². The van der Waals surface area contributed by atoms with Crippen LogP contribution in [0.2, 0.25) is 5.15 Å². The lowest BCUT2D eigenvalue weighted by molar-refractivity contribution is 0.202. The van der Waals surface area contributed by atoms with Crippen LogP contribution in [0.3, 0.4) is 0 Å². The molecule has 2 aromatic rings. The zero-order valence-electron chi connectivity index (χ0n) is 11.3. The van der Waals surface area contributed by atoms with Gasteiger partial charge in [0.2, 0.25) is 5.89 Å². The lowest BCUT2D eigenvalue weighted by Gasteiger charge is -2.21. The van der Waals surface area contributed by atoms with Crippen molar-refractivity contribution in [2.45, 2.75) is 32.9 Å². The Labute approximate surface area is 117 Å². The van der Waals surface area contributed by atoms with E-state index in [9.17, 15) is 0 Å². The summed E-state index contributed by atoms with van der Waals surface area (Å²) >= 11 is 5.77. The number of aryl methyl sites for hydroxylation is 1. The summed E-state index contributed by atoms with van der Waals surface area (Å²) in [5.41, 5.74) is 1.09. The first kappa shape index (κ1) is 14.0. The van der Waals surface area contributed by atoms with E-state index in [0.717, 1.165) is 24.4 Å². The van der Waals surface area contributed by atoms with Crippen molar-refractivity contribution in [3.8, 4) is 0 Å². The summed E-state index contributed by atoms with van der Waals surface area (Å²) in [5, 5.41) is 4.42. The molecule has 0 amide bonds. The smallest absolute Gasteiger partial charge is 0.243 e. The summed E-state index contributed by atoms with van der Waals surface area (Å²) in [4.78, 5) is 10.5. The Morgan fingerprint density at radius 3 is 2.79 bits per heavy atom. The Balaban J connectivity index is 2.02. The van der Waals surface area contributed by atoms with Gasteiger partial charge in [0.15, 0.2) is 5.82 Å². The van der Waals surface area contributed by atoms with Crippen LogP contribution in [0.5, 0.6) is 0 Å². The van der Waals surface area contributed by atoms with Crippen LogP contribution in [0, 0.1) is 0 Å². The maximum absolute atomic E-state index is 5.77. The molecule has 0 aliphatic rings. The zero-order valence-corrected chi connectivity index (χ0v) is 12.1. The Morgan fingerprint density at radius 2 is 2.21 bits per heavy atom. The minimum Gasteiger partial charge on any atom is -0.338 e. The van der Waals surface area contributed by atoms with Crippen molar-refractivity contribution in [2.75, 3.05) is 7.05 Å². The molecule has 0 N–H and O–H groups in total. The van der Waals surface area contributed by atoms with E-state index in [2.05, 4.69) is 20.0 Å². The van der Waals surface area contributed by atoms with Gasteiger partial charge in [-0.15, -0.1) is 0 Å². The molecular formula is C13H17ClN4O. The normalized spacial score (nSPS) is 12.9. The summed E-state index contributed by atoms with van der Waals surface area (Å²) in [7, 11) is 2.01. The largest absolute Gasteiger partial charge is 0.338 e. The van der Waals surface area contributed by atoms with Crippen molar-refractivity contribution in [2.24, 2.45) is 0 Å². The monoisotopic (exact) mass is 280 g/mol. The van der Waals surface area contributed by atoms with Crippen molar-refractivity contribution in [1.29, 1.82) is 0 Å². The predicted octanol–water partition coefficient (Wildman–Crippen LogP) is 2.87. The lowest BCUT2D eigenvalue weighted by Crippen LogP contribution is -2.22. The SMILES string of the molecule is CCc1noc([C@@H](C)N(C)Cc2ccc(Cl)nc2)n1. The highest BCUT2D eigenvalue weighted by atomic mass is 35.5. The van der Waals surface area contributed by atoms with Gasteiger partial charge in [0.1, 0.15) is 5.15 Å². The average molecular weight is 281 g/mol. The summed E-state index contributed by atoms with van der Waals surface area (Å²) in [6.07, 6.45) is 2.55. The van der Waals surface area contributed by atoms with E-state index in [1.807, 2.05) is 27.0 Å². The van der Waals surface area contributed by atoms with Gasteiger partial charge in [-0.2, -0.15) is 4.98 Å². The highest BCUT2D eigenvalue weighted by molar-refractivity contribution is 6.29. The molecule has 2 heterocycles. The number of rotatable bonds is 5. The van der Waals surface area contributed by atoms with Gasteiger partial charge in [-0.3, -0.25) is 4.90 Å². The van der Waals surface area contributed by atoms with E-state index in [-0.39, 0.29) is 6.04 Å². The fraction of sp³-hybridized carbons (Fsp3) is 0.462. The molecule has 102 valence electrons. The highest BCUT2D eigenvalue weighted by Gasteiger charge is 2.18. The molecule has 6 heteroatoms. The first-order chi connectivity index (χ1) is 9.10. The Bertz CT molecular complexity index is 526. The number of halogens is 1. The molecule has 2 aromatic heterocycles. The van der Waals surface area contributed by atoms with Crippen molar-refractivity contribution in [3.05, 3.63) is 40.8 Å². The molecule has 0 spiro atoms. The van der Waals surface area contributed by atoms with Crippen LogP contribution in [0.4, 0.5) is 0 Å². The molecule has 0 saturated heterocycles. The molecule has 2 rings (SSSR count). The fourth-order valence-corrected chi connectivity index (χ4v) is 1.81. The van der Waals surface area contributed by atoms with Gasteiger partial charge in [-0.05, 0) is 25.6 Å². The molecule has 0 aliphatic heterocycles. The first-order valence-corrected chi connectivity index (χ1v) is 6.61. The lowest BCUT2D eigenvalue weighted by atomic mass is 10.2. The quantitative estimate of drug-likeness (QED) is 0.788. The molecular weight excluding hydrogens is 264 g/mol. The van der Waals surface area contributed by atoms with E-state index in [0.29, 0.717) is 11.0 Å². The molecule has 0 aromatic carbocycles. The van der Waals surface area contributed by atoms with Crippen LogP contribution in [-0.4, -0.2) is 27.1 Å². The second kappa shape index (κ2) is 6.12. The summed E-state index contributed by atoms with van der Waals surface area (Å²) < 4.78 is 5.26. The van der Waals surface area contributed by atoms with Crippen LogP contribution < -0.4 is 0 Å². The zero-order chi connectivity index (χ0) is 13.8. The molecule has 19 heavy (non-hydrogen) atoms. The maximum atomic E-state index is 5.77. The third-order valence-corrected chi connectivity index (χ3v) is 3.26. The first-order valence-electron chi connectivity index (χ1n) is 6.23. The Hall–Kier alpha value is -1.46. The predicted molar refractivity (Wildman–Crippen MR) is 72.8 cm³/mol. The van der Waals surface area contributed by atoms with Gasteiger partial charge >= 0.3 is 0 Å². The van der Waals surface area contributed by atoms with E-state index in [1.54, 1.807) is 12.3 Å². The molecule has 0 fully saturated rings. The van der Waals surface area contributed by atoms with E-state index >= 15 is 0 Å². The molecule has 0 aliphatic carbocycles. The van der Waals surface area contributed by atoms with E-state index in [4.69, 9.17) is 16.1 Å². The molecule has 0 bridgehead atoms. The van der Waals surface area contributed by atoms with Gasteiger partial charge in [0.25, 0.3) is 0 Å². The van der Waals surface area contributed by atoms with Crippen LogP contribution in [-0.2, 0) is 13.0 Å². The number of hydrogen-bond donors (Lipinski definition) is 0. The van der Waals surface area contributed by atoms with E-state index in [1.165, 1.54) is 0 Å². The van der Waals surface area contributed by atoms with Crippen LogP contribution >= 0.6 is 11.6 Å². The van der Waals surface area contributed by atoms with E-state index < -0.39 is 0 Å². The number of hydrogen-bond acceptors (Lipinski definition) is 5. The second-order valence-electron chi connectivity index (χ2n) is 4.48. The van der Waals surface area contributed by atoms with Crippen molar-refractivity contribution in [3.63, 3.8) is 0 Å². The van der Waals surface area contributed by atoms with Crippen LogP contribution in [0.1, 0.15) is 37.2 Å². The summed E-state index contributed by atoms with van der Waals surface area (Å²) in [6, 6.07) is 3.81. The van der Waals surface area contributed by atoms with Gasteiger partial charge in [-0.25, -0.2) is 4.98 Å². The standard InChI is InChI=1S/C13H17ClN4O/c1-4-12-16-13(19-17-12)9(2)18(3)8-10-5-6-11(14)15-7-10/h5-7,9H,4,8H2,1-3H3/t9-/m1/s1. The van der Waals surface area contributed by atoms with Crippen molar-refractivity contribution < 1.29 is 4.52 Å². The maximum Gasteiger partial charge on any atom is 0.243 e. The van der Waals surface area contributed by atoms with Gasteiger partial charge in [-0.1, -0.05) is 29.7 Å². The number of pyridine rings is 1. The molecule has 0 saturated carbocycles. The van der Waals surface area contributed by atoms with Crippen LogP contribution in [0.25, 0.3) is 0 Å². The molecule has 1 atom stereocenters. The number of aromatic nitrogens is 3. The van der Waals surface area contributed by atoms with Crippen molar-refractivity contribution >= 4 is 11.6 Å². The average Bonchev–Trinajstić information content (AvgIpc) is 2.89. The van der Waals surface area contributed by atoms with Gasteiger partial charge in [0, 0.05) is 19.2 Å². The molecule has 5 nitrogen and oxygen atoms in total. The topological polar surface area (TPSA) is 55.1 Å². The minimum absolute atomic E-state index is 0.0588. The summed E-state index contributed by atoms with van der Waals surface area (Å²) in [6.45, 7) is 4.79. The van der Waals surface area contributed by atoms with Gasteiger partial charge < -0.3 is 4.52 Å². The fourth-order valence-electron chi connectivity index (χ4n) is 1.69. The van der Waals surface area contributed by atoms with Gasteiger partial charge in [0.05, 0.1) is 6.04 Å².